The van der Waals surface area contributed by atoms with Gasteiger partial charge in [-0.05, 0) is 85.1 Å². The van der Waals surface area contributed by atoms with Crippen LogP contribution < -0.4 is 19.3 Å². The second kappa shape index (κ2) is 12.2. The molecule has 0 radical (unpaired) electrons. The van der Waals surface area contributed by atoms with Crippen LogP contribution in [0.2, 0.25) is 0 Å². The Morgan fingerprint density at radius 2 is 1.62 bits per heavy atom. The van der Waals surface area contributed by atoms with Gasteiger partial charge in [-0.3, -0.25) is 14.5 Å². The maximum absolute atomic E-state index is 13.6. The van der Waals surface area contributed by atoms with Crippen LogP contribution in [0.1, 0.15) is 35.2 Å². The van der Waals surface area contributed by atoms with Gasteiger partial charge in [0.1, 0.15) is 23.9 Å². The molecule has 5 rings (SSSR count). The number of hydrogen-bond acceptors (Lipinski definition) is 6. The van der Waals surface area contributed by atoms with Crippen molar-refractivity contribution in [2.45, 2.75) is 26.5 Å². The minimum atomic E-state index is -0.857. The van der Waals surface area contributed by atoms with Gasteiger partial charge in [-0.25, -0.2) is 0 Å². The normalized spacial score (nSPS) is 16.0. The number of nitrogens with zero attached hydrogens (tertiary/aromatic N) is 2. The largest absolute Gasteiger partial charge is 0.507 e. The van der Waals surface area contributed by atoms with Gasteiger partial charge in [0.15, 0.2) is 0 Å². The molecule has 1 fully saturated rings. The summed E-state index contributed by atoms with van der Waals surface area (Å²) in [4.78, 5) is 30.6. The third-order valence-corrected chi connectivity index (χ3v) is 7.26. The molecule has 0 aromatic heterocycles. The van der Waals surface area contributed by atoms with Crippen molar-refractivity contribution in [2.75, 3.05) is 30.5 Å². The lowest BCUT2D eigenvalue weighted by molar-refractivity contribution is -0.132. The lowest BCUT2D eigenvalue weighted by atomic mass is 9.94. The Hall–Kier alpha value is -5.04. The maximum Gasteiger partial charge on any atom is 0.300 e. The number of aliphatic hydroxyl groups is 1. The number of benzene rings is 4. The van der Waals surface area contributed by atoms with Crippen molar-refractivity contribution in [3.05, 3.63) is 125 Å². The van der Waals surface area contributed by atoms with Gasteiger partial charge in [-0.2, -0.15) is 0 Å². The first kappa shape index (κ1) is 28.5. The predicted octanol–water partition coefficient (Wildman–Crippen LogP) is 6.67. The molecule has 1 unspecified atom stereocenters. The SMILES string of the molecule is CCOc1cccc(C2/C(=C(\O)c3ccc(OCc4ccccc4)c(C)c3)C(=O)C(=O)N2c2ccc(N(C)C)cc2)c1. The molecule has 7 heteroatoms. The summed E-state index contributed by atoms with van der Waals surface area (Å²) in [6.07, 6.45) is 0. The molecule has 1 saturated heterocycles. The number of ketones is 1. The molecule has 4 aromatic rings. The predicted molar refractivity (Wildman–Crippen MR) is 165 cm³/mol. The zero-order valence-corrected chi connectivity index (χ0v) is 24.2. The molecule has 7 nitrogen and oxygen atoms in total. The van der Waals surface area contributed by atoms with Crippen LogP contribution in [-0.2, 0) is 16.2 Å². The van der Waals surface area contributed by atoms with Crippen molar-refractivity contribution < 1.29 is 24.2 Å². The zero-order chi connectivity index (χ0) is 29.8. The summed E-state index contributed by atoms with van der Waals surface area (Å²) in [5.41, 5.74) is 4.42. The molecular weight excluding hydrogens is 528 g/mol. The molecule has 1 heterocycles. The van der Waals surface area contributed by atoms with E-state index in [0.29, 0.717) is 41.5 Å². The van der Waals surface area contributed by atoms with Gasteiger partial charge >= 0.3 is 0 Å². The first-order valence-corrected chi connectivity index (χ1v) is 13.9. The Labute approximate surface area is 246 Å². The lowest BCUT2D eigenvalue weighted by Crippen LogP contribution is -2.29. The molecule has 214 valence electrons. The minimum absolute atomic E-state index is 0.0164. The lowest BCUT2D eigenvalue weighted by Gasteiger charge is -2.26. The molecule has 0 aliphatic carbocycles. The number of aryl methyl sites for hydroxylation is 1. The Kier molecular flexibility index (Phi) is 8.29. The van der Waals surface area contributed by atoms with Crippen LogP contribution in [0.15, 0.2) is 103 Å². The molecule has 1 atom stereocenters. The van der Waals surface area contributed by atoms with E-state index < -0.39 is 17.7 Å². The van der Waals surface area contributed by atoms with Crippen molar-refractivity contribution in [3.63, 3.8) is 0 Å². The fourth-order valence-electron chi connectivity index (χ4n) is 5.12. The number of rotatable bonds is 9. The fourth-order valence-corrected chi connectivity index (χ4v) is 5.12. The number of aliphatic hydroxyl groups excluding tert-OH is 1. The number of amides is 1. The summed E-state index contributed by atoms with van der Waals surface area (Å²) in [6.45, 7) is 4.64. The zero-order valence-electron chi connectivity index (χ0n) is 24.2. The van der Waals surface area contributed by atoms with Crippen molar-refractivity contribution in [3.8, 4) is 11.5 Å². The third kappa shape index (κ3) is 5.72. The third-order valence-electron chi connectivity index (χ3n) is 7.26. The molecule has 4 aromatic carbocycles. The summed E-state index contributed by atoms with van der Waals surface area (Å²) >= 11 is 0. The van der Waals surface area contributed by atoms with Crippen molar-refractivity contribution in [1.82, 2.24) is 0 Å². The van der Waals surface area contributed by atoms with E-state index in [1.807, 2.05) is 106 Å². The molecule has 42 heavy (non-hydrogen) atoms. The first-order chi connectivity index (χ1) is 20.3. The van der Waals surface area contributed by atoms with Crippen LogP contribution in [0.3, 0.4) is 0 Å². The van der Waals surface area contributed by atoms with E-state index >= 15 is 0 Å². The monoisotopic (exact) mass is 562 g/mol. The van der Waals surface area contributed by atoms with E-state index in [-0.39, 0.29) is 11.3 Å². The van der Waals surface area contributed by atoms with E-state index in [4.69, 9.17) is 9.47 Å². The van der Waals surface area contributed by atoms with Crippen LogP contribution in [-0.4, -0.2) is 37.5 Å². The second-order valence-corrected chi connectivity index (χ2v) is 10.3. The maximum atomic E-state index is 13.6. The number of carbonyl (C=O) groups is 2. The van der Waals surface area contributed by atoms with Gasteiger partial charge in [-0.1, -0.05) is 42.5 Å². The second-order valence-electron chi connectivity index (χ2n) is 10.3. The summed E-state index contributed by atoms with van der Waals surface area (Å²) in [6, 6.07) is 28.9. The van der Waals surface area contributed by atoms with Gasteiger partial charge in [0.05, 0.1) is 18.2 Å². The van der Waals surface area contributed by atoms with Crippen molar-refractivity contribution in [2.24, 2.45) is 0 Å². The van der Waals surface area contributed by atoms with E-state index in [9.17, 15) is 14.7 Å². The van der Waals surface area contributed by atoms with Crippen molar-refractivity contribution >= 4 is 28.8 Å². The smallest absolute Gasteiger partial charge is 0.300 e. The minimum Gasteiger partial charge on any atom is -0.507 e. The van der Waals surface area contributed by atoms with Crippen LogP contribution in [0.25, 0.3) is 5.76 Å². The number of anilines is 2. The summed E-state index contributed by atoms with van der Waals surface area (Å²) in [5.74, 6) is -0.430. The Morgan fingerprint density at radius 1 is 0.881 bits per heavy atom. The molecule has 0 spiro atoms. The highest BCUT2D eigenvalue weighted by Gasteiger charge is 2.47. The summed E-state index contributed by atoms with van der Waals surface area (Å²) < 4.78 is 11.7. The topological polar surface area (TPSA) is 79.3 Å². The van der Waals surface area contributed by atoms with Crippen LogP contribution in [0.5, 0.6) is 11.5 Å². The van der Waals surface area contributed by atoms with Gasteiger partial charge in [0, 0.05) is 31.0 Å². The Bertz CT molecular complexity index is 1630. The van der Waals surface area contributed by atoms with E-state index in [1.165, 1.54) is 4.90 Å². The molecule has 1 amide bonds. The van der Waals surface area contributed by atoms with Gasteiger partial charge < -0.3 is 19.5 Å². The van der Waals surface area contributed by atoms with E-state index in [1.54, 1.807) is 24.3 Å². The van der Waals surface area contributed by atoms with Gasteiger partial charge in [0.25, 0.3) is 11.7 Å². The molecular formula is C35H34N2O5. The number of carbonyl (C=O) groups excluding carboxylic acids is 2. The van der Waals surface area contributed by atoms with Crippen molar-refractivity contribution in [1.29, 1.82) is 0 Å². The number of hydrogen-bond donors (Lipinski definition) is 1. The molecule has 1 N–H and O–H groups in total. The van der Waals surface area contributed by atoms with Crippen LogP contribution in [0, 0.1) is 6.92 Å². The number of Topliss-reactive ketones (excluding diaryl/α,β-unsaturated/α-hetero) is 1. The van der Waals surface area contributed by atoms with E-state index in [2.05, 4.69) is 0 Å². The summed E-state index contributed by atoms with van der Waals surface area (Å²) in [7, 11) is 3.86. The first-order valence-electron chi connectivity index (χ1n) is 13.9. The number of ether oxygens (including phenoxy) is 2. The molecule has 0 bridgehead atoms. The summed E-state index contributed by atoms with van der Waals surface area (Å²) in [5, 5.41) is 11.6. The molecule has 1 aliphatic rings. The standard InChI is InChI=1S/C35H34N2O5/c1-5-41-29-13-9-12-25(21-29)32-31(34(39)35(40)37(32)28-17-15-27(16-18-28)36(3)4)33(38)26-14-19-30(23(2)20-26)42-22-24-10-7-6-8-11-24/h6-21,32,38H,5,22H2,1-4H3/b33-31+. The fraction of sp³-hybridized carbons (Fsp3) is 0.200. The highest BCUT2D eigenvalue weighted by Crippen LogP contribution is 2.43. The quantitative estimate of drug-likeness (QED) is 0.140. The van der Waals surface area contributed by atoms with Crippen LogP contribution in [0.4, 0.5) is 11.4 Å². The molecule has 1 aliphatic heterocycles. The van der Waals surface area contributed by atoms with E-state index in [0.717, 1.165) is 16.8 Å². The highest BCUT2D eigenvalue weighted by molar-refractivity contribution is 6.51. The van der Waals surface area contributed by atoms with Gasteiger partial charge in [0.2, 0.25) is 0 Å². The Morgan fingerprint density at radius 3 is 2.29 bits per heavy atom. The average Bonchev–Trinajstić information content (AvgIpc) is 3.26. The average molecular weight is 563 g/mol. The molecule has 0 saturated carbocycles. The Balaban J connectivity index is 1.57. The van der Waals surface area contributed by atoms with Crippen LogP contribution >= 0.6 is 0 Å². The van der Waals surface area contributed by atoms with Gasteiger partial charge in [-0.15, -0.1) is 0 Å². The highest BCUT2D eigenvalue weighted by atomic mass is 16.5.